The molecule has 5 heteroatoms. The number of nitrogens with one attached hydrogen (secondary N) is 1. The van der Waals surface area contributed by atoms with Crippen molar-refractivity contribution >= 4 is 30.1 Å². The van der Waals surface area contributed by atoms with Gasteiger partial charge < -0.3 is 11.1 Å². The van der Waals surface area contributed by atoms with Crippen molar-refractivity contribution in [2.75, 3.05) is 5.32 Å². The number of thiol groups is 1. The van der Waals surface area contributed by atoms with E-state index in [1.807, 2.05) is 13.8 Å². The van der Waals surface area contributed by atoms with E-state index in [0.29, 0.717) is 11.3 Å². The largest absolute Gasteiger partial charge is 0.366 e. The first-order chi connectivity index (χ1) is 7.91. The molecule has 1 aromatic carbocycles. The third-order valence-electron chi connectivity index (χ3n) is 2.31. The quantitative estimate of drug-likeness (QED) is 0.713. The molecular formula is C12H16N2O2S. The van der Waals surface area contributed by atoms with Crippen LogP contribution in [-0.2, 0) is 4.79 Å². The zero-order chi connectivity index (χ0) is 13.0. The van der Waals surface area contributed by atoms with Crippen molar-refractivity contribution in [2.24, 2.45) is 11.7 Å². The van der Waals surface area contributed by atoms with Crippen LogP contribution in [-0.4, -0.2) is 17.1 Å². The average Bonchev–Trinajstić information content (AvgIpc) is 2.28. The van der Waals surface area contributed by atoms with Gasteiger partial charge in [0.15, 0.2) is 0 Å². The lowest BCUT2D eigenvalue weighted by Crippen LogP contribution is -2.27. The van der Waals surface area contributed by atoms with Crippen molar-refractivity contribution in [3.05, 3.63) is 29.8 Å². The highest BCUT2D eigenvalue weighted by Gasteiger charge is 2.17. The van der Waals surface area contributed by atoms with E-state index in [1.54, 1.807) is 24.3 Å². The summed E-state index contributed by atoms with van der Waals surface area (Å²) in [5.74, 6) is -0.574. The van der Waals surface area contributed by atoms with E-state index in [4.69, 9.17) is 5.73 Å². The summed E-state index contributed by atoms with van der Waals surface area (Å²) in [6.45, 7) is 3.83. The van der Waals surface area contributed by atoms with Crippen molar-refractivity contribution in [2.45, 2.75) is 19.1 Å². The normalized spacial score (nSPS) is 12.2. The molecule has 3 N–H and O–H groups in total. The van der Waals surface area contributed by atoms with Crippen molar-refractivity contribution in [1.29, 1.82) is 0 Å². The molecule has 0 radical (unpaired) electrons. The molecule has 0 heterocycles. The first-order valence-electron chi connectivity index (χ1n) is 5.30. The number of hydrogen-bond donors (Lipinski definition) is 3. The molecule has 0 fully saturated rings. The number of amides is 2. The Balaban J connectivity index is 2.78. The maximum Gasteiger partial charge on any atom is 0.248 e. The van der Waals surface area contributed by atoms with Gasteiger partial charge in [0.1, 0.15) is 0 Å². The SMILES string of the molecule is CC(C)C(S)C(=O)Nc1cccc(C(N)=O)c1. The number of nitrogens with two attached hydrogens (primary N) is 1. The molecule has 17 heavy (non-hydrogen) atoms. The molecule has 0 aliphatic heterocycles. The summed E-state index contributed by atoms with van der Waals surface area (Å²) in [6.07, 6.45) is 0. The van der Waals surface area contributed by atoms with Gasteiger partial charge in [-0.2, -0.15) is 12.6 Å². The fourth-order valence-electron chi connectivity index (χ4n) is 1.27. The minimum atomic E-state index is -0.521. The molecule has 0 bridgehead atoms. The number of primary amides is 1. The van der Waals surface area contributed by atoms with Crippen LogP contribution in [0.5, 0.6) is 0 Å². The number of benzene rings is 1. The smallest absolute Gasteiger partial charge is 0.248 e. The molecule has 0 aliphatic rings. The topological polar surface area (TPSA) is 72.2 Å². The first-order valence-corrected chi connectivity index (χ1v) is 5.82. The predicted octanol–water partition coefficient (Wildman–Crippen LogP) is 1.68. The van der Waals surface area contributed by atoms with Gasteiger partial charge in [-0.1, -0.05) is 19.9 Å². The van der Waals surface area contributed by atoms with Crippen LogP contribution in [0.4, 0.5) is 5.69 Å². The molecule has 1 rings (SSSR count). The van der Waals surface area contributed by atoms with E-state index in [0.717, 1.165) is 0 Å². The van der Waals surface area contributed by atoms with Crippen LogP contribution in [0.25, 0.3) is 0 Å². The third-order valence-corrected chi connectivity index (χ3v) is 3.15. The lowest BCUT2D eigenvalue weighted by atomic mass is 10.1. The Kier molecular flexibility index (Phi) is 4.57. The number of rotatable bonds is 4. The van der Waals surface area contributed by atoms with Crippen molar-refractivity contribution in [3.63, 3.8) is 0 Å². The minimum absolute atomic E-state index is 0.137. The summed E-state index contributed by atoms with van der Waals surface area (Å²) in [5.41, 5.74) is 6.07. The van der Waals surface area contributed by atoms with Gasteiger partial charge in [0.2, 0.25) is 11.8 Å². The number of anilines is 1. The molecule has 0 aromatic heterocycles. The second kappa shape index (κ2) is 5.72. The van der Waals surface area contributed by atoms with Crippen LogP contribution in [0.3, 0.4) is 0 Å². The van der Waals surface area contributed by atoms with E-state index >= 15 is 0 Å². The summed E-state index contributed by atoms with van der Waals surface area (Å²) in [5, 5.41) is 2.31. The van der Waals surface area contributed by atoms with Crippen molar-refractivity contribution < 1.29 is 9.59 Å². The Morgan fingerprint density at radius 2 is 2.00 bits per heavy atom. The molecule has 92 valence electrons. The van der Waals surface area contributed by atoms with Gasteiger partial charge in [0.25, 0.3) is 0 Å². The van der Waals surface area contributed by atoms with Crippen LogP contribution in [0, 0.1) is 5.92 Å². The highest BCUT2D eigenvalue weighted by molar-refractivity contribution is 7.81. The van der Waals surface area contributed by atoms with Gasteiger partial charge in [-0.15, -0.1) is 0 Å². The molecule has 0 saturated heterocycles. The molecule has 1 unspecified atom stereocenters. The Morgan fingerprint density at radius 3 is 2.53 bits per heavy atom. The lowest BCUT2D eigenvalue weighted by Gasteiger charge is -2.14. The Labute approximate surface area is 106 Å². The average molecular weight is 252 g/mol. The van der Waals surface area contributed by atoms with Gasteiger partial charge in [-0.25, -0.2) is 0 Å². The lowest BCUT2D eigenvalue weighted by molar-refractivity contribution is -0.116. The zero-order valence-corrected chi connectivity index (χ0v) is 10.7. The van der Waals surface area contributed by atoms with Crippen molar-refractivity contribution in [3.8, 4) is 0 Å². The monoisotopic (exact) mass is 252 g/mol. The summed E-state index contributed by atoms with van der Waals surface area (Å²) in [6, 6.07) is 6.50. The zero-order valence-electron chi connectivity index (χ0n) is 9.81. The van der Waals surface area contributed by atoms with Gasteiger partial charge in [0, 0.05) is 11.3 Å². The van der Waals surface area contributed by atoms with Gasteiger partial charge in [0.05, 0.1) is 5.25 Å². The highest BCUT2D eigenvalue weighted by atomic mass is 32.1. The van der Waals surface area contributed by atoms with Crippen LogP contribution in [0.1, 0.15) is 24.2 Å². The molecule has 1 atom stereocenters. The van der Waals surface area contributed by atoms with E-state index < -0.39 is 5.91 Å². The maximum atomic E-state index is 11.7. The van der Waals surface area contributed by atoms with Gasteiger partial charge in [-0.05, 0) is 24.1 Å². The molecule has 4 nitrogen and oxygen atoms in total. The Hall–Kier alpha value is -1.49. The molecule has 2 amide bonds. The van der Waals surface area contributed by atoms with E-state index in [1.165, 1.54) is 0 Å². The van der Waals surface area contributed by atoms with Crippen LogP contribution in [0.15, 0.2) is 24.3 Å². The fraction of sp³-hybridized carbons (Fsp3) is 0.333. The fourth-order valence-corrected chi connectivity index (χ4v) is 1.33. The van der Waals surface area contributed by atoms with Gasteiger partial charge >= 0.3 is 0 Å². The van der Waals surface area contributed by atoms with Crippen LogP contribution in [0.2, 0.25) is 0 Å². The van der Waals surface area contributed by atoms with E-state index in [-0.39, 0.29) is 17.1 Å². The Bertz CT molecular complexity index is 432. The molecular weight excluding hydrogens is 236 g/mol. The van der Waals surface area contributed by atoms with E-state index in [9.17, 15) is 9.59 Å². The number of carbonyl (C=O) groups excluding carboxylic acids is 2. The summed E-state index contributed by atoms with van der Waals surface area (Å²) in [7, 11) is 0. The Morgan fingerprint density at radius 1 is 1.35 bits per heavy atom. The maximum absolute atomic E-state index is 11.7. The van der Waals surface area contributed by atoms with Crippen LogP contribution < -0.4 is 11.1 Å². The van der Waals surface area contributed by atoms with Crippen LogP contribution >= 0.6 is 12.6 Å². The number of carbonyl (C=O) groups is 2. The summed E-state index contributed by atoms with van der Waals surface area (Å²) >= 11 is 4.21. The highest BCUT2D eigenvalue weighted by Crippen LogP contribution is 2.14. The second-order valence-electron chi connectivity index (χ2n) is 4.12. The second-order valence-corrected chi connectivity index (χ2v) is 4.68. The van der Waals surface area contributed by atoms with E-state index in [2.05, 4.69) is 17.9 Å². The predicted molar refractivity (Wildman–Crippen MR) is 71.2 cm³/mol. The minimum Gasteiger partial charge on any atom is -0.366 e. The molecule has 0 spiro atoms. The molecule has 1 aromatic rings. The number of hydrogen-bond acceptors (Lipinski definition) is 3. The standard InChI is InChI=1S/C12H16N2O2S/c1-7(2)10(17)12(16)14-9-5-3-4-8(6-9)11(13)15/h3-7,10,17H,1-2H3,(H2,13,15)(H,14,16). The third kappa shape index (κ3) is 3.78. The molecule has 0 aliphatic carbocycles. The summed E-state index contributed by atoms with van der Waals surface area (Å²) in [4.78, 5) is 22.7. The molecule has 0 saturated carbocycles. The van der Waals surface area contributed by atoms with Gasteiger partial charge in [-0.3, -0.25) is 9.59 Å². The first kappa shape index (κ1) is 13.6. The summed E-state index contributed by atoms with van der Waals surface area (Å²) < 4.78 is 0. The van der Waals surface area contributed by atoms with Crippen molar-refractivity contribution in [1.82, 2.24) is 0 Å².